The normalized spacial score (nSPS) is 12.2. The molecule has 0 spiro atoms. The maximum atomic E-state index is 12.9. The van der Waals surface area contributed by atoms with Crippen molar-refractivity contribution in [3.8, 4) is 0 Å². The fraction of sp³-hybridized carbons (Fsp3) is 0.866. The predicted octanol–water partition coefficient (Wildman–Crippen LogP) is 22.0. The molecule has 0 saturated heterocycles. The van der Waals surface area contributed by atoms with E-state index in [1.807, 2.05) is 0 Å². The Hall–Kier alpha value is -2.37. The lowest BCUT2D eigenvalue weighted by atomic mass is 10.0. The molecule has 0 aromatic rings. The maximum absolute atomic E-state index is 12.9. The first-order chi connectivity index (χ1) is 36.0. The molecule has 0 heterocycles. The van der Waals surface area contributed by atoms with Gasteiger partial charge in [-0.3, -0.25) is 14.4 Å². The Labute approximate surface area is 455 Å². The van der Waals surface area contributed by atoms with E-state index in [0.29, 0.717) is 19.3 Å². The molecule has 0 aliphatic heterocycles. The molecular formula is C67H124O6. The third-order valence-electron chi connectivity index (χ3n) is 14.7. The van der Waals surface area contributed by atoms with Gasteiger partial charge in [0.1, 0.15) is 13.2 Å². The first kappa shape index (κ1) is 70.6. The van der Waals surface area contributed by atoms with Crippen LogP contribution in [0.1, 0.15) is 355 Å². The Bertz CT molecular complexity index is 1220. The molecule has 0 N–H and O–H groups in total. The van der Waals surface area contributed by atoms with Crippen molar-refractivity contribution >= 4 is 17.9 Å². The summed E-state index contributed by atoms with van der Waals surface area (Å²) in [5.41, 5.74) is 0. The summed E-state index contributed by atoms with van der Waals surface area (Å²) in [5.74, 6) is -0.854. The molecular weight excluding hydrogens is 901 g/mol. The van der Waals surface area contributed by atoms with E-state index in [9.17, 15) is 14.4 Å². The second kappa shape index (κ2) is 62.2. The molecule has 0 saturated carbocycles. The number of hydrogen-bond donors (Lipinski definition) is 0. The summed E-state index contributed by atoms with van der Waals surface area (Å²) in [5, 5.41) is 0. The molecule has 0 aromatic heterocycles. The van der Waals surface area contributed by atoms with Gasteiger partial charge in [0.2, 0.25) is 0 Å². The second-order valence-corrected chi connectivity index (χ2v) is 22.0. The molecule has 0 aromatic carbocycles. The predicted molar refractivity (Wildman–Crippen MR) is 316 cm³/mol. The number of carbonyl (C=O) groups excluding carboxylic acids is 3. The van der Waals surface area contributed by atoms with Gasteiger partial charge in [0.25, 0.3) is 0 Å². The summed E-state index contributed by atoms with van der Waals surface area (Å²) in [4.78, 5) is 38.3. The van der Waals surface area contributed by atoms with Crippen LogP contribution in [-0.4, -0.2) is 37.2 Å². The first-order valence-electron chi connectivity index (χ1n) is 32.5. The lowest BCUT2D eigenvalue weighted by Crippen LogP contribution is -2.30. The average molecular weight is 1030 g/mol. The summed E-state index contributed by atoms with van der Waals surface area (Å²) in [6.45, 7) is 6.59. The Kier molecular flexibility index (Phi) is 60.2. The molecule has 0 aliphatic carbocycles. The molecule has 0 amide bonds. The summed E-state index contributed by atoms with van der Waals surface area (Å²) in [6.07, 6.45) is 75.8. The fourth-order valence-electron chi connectivity index (χ4n) is 9.81. The lowest BCUT2D eigenvalue weighted by Gasteiger charge is -2.18. The zero-order chi connectivity index (χ0) is 52.9. The molecule has 0 bridgehead atoms. The SMILES string of the molecule is CC/C=C\C/C=C\C/C=C\CCCCCCCCCC(=O)OC(COC(=O)CCCCCCCCCCCCCCCCCC)COC(=O)CCCCCCCCCCCCCCCCCCCCCCCC. The standard InChI is InChI=1S/C67H124O6/c1-4-7-10-13-16-19-22-25-28-31-32-33-34-35-37-39-42-45-48-51-54-57-60-66(69)72-63-64(62-71-65(68)59-56-53-50-47-44-41-38-30-27-24-21-18-15-12-9-6-3)73-67(70)61-58-55-52-49-46-43-40-36-29-26-23-20-17-14-11-8-5-2/h8,11,17,20,26,29,64H,4-7,9-10,12-16,18-19,21-25,27-28,30-63H2,1-3H3/b11-8-,20-17-,29-26-. The number of hydrogen-bond acceptors (Lipinski definition) is 6. The van der Waals surface area contributed by atoms with Gasteiger partial charge in [-0.1, -0.05) is 320 Å². The van der Waals surface area contributed by atoms with Crippen LogP contribution in [0.3, 0.4) is 0 Å². The number of rotatable bonds is 60. The van der Waals surface area contributed by atoms with Gasteiger partial charge in [-0.15, -0.1) is 0 Å². The van der Waals surface area contributed by atoms with Gasteiger partial charge in [-0.25, -0.2) is 0 Å². The van der Waals surface area contributed by atoms with Gasteiger partial charge in [-0.05, 0) is 51.4 Å². The summed E-state index contributed by atoms with van der Waals surface area (Å²) < 4.78 is 17.0. The molecule has 0 aliphatic rings. The van der Waals surface area contributed by atoms with Crippen LogP contribution in [0.5, 0.6) is 0 Å². The van der Waals surface area contributed by atoms with Crippen LogP contribution in [-0.2, 0) is 28.6 Å². The Balaban J connectivity index is 4.29. The van der Waals surface area contributed by atoms with Crippen LogP contribution in [0.25, 0.3) is 0 Å². The van der Waals surface area contributed by atoms with Crippen LogP contribution < -0.4 is 0 Å². The summed E-state index contributed by atoms with van der Waals surface area (Å²) in [7, 11) is 0. The van der Waals surface area contributed by atoms with Crippen molar-refractivity contribution < 1.29 is 28.6 Å². The third kappa shape index (κ3) is 60.4. The van der Waals surface area contributed by atoms with Crippen LogP contribution >= 0.6 is 0 Å². The molecule has 0 radical (unpaired) electrons. The average Bonchev–Trinajstić information content (AvgIpc) is 3.39. The van der Waals surface area contributed by atoms with Gasteiger partial charge in [0.15, 0.2) is 6.10 Å². The van der Waals surface area contributed by atoms with Crippen molar-refractivity contribution in [3.63, 3.8) is 0 Å². The molecule has 1 atom stereocenters. The molecule has 0 fully saturated rings. The summed E-state index contributed by atoms with van der Waals surface area (Å²) in [6, 6.07) is 0. The van der Waals surface area contributed by atoms with E-state index in [1.54, 1.807) is 0 Å². The highest BCUT2D eigenvalue weighted by molar-refractivity contribution is 5.71. The van der Waals surface area contributed by atoms with Crippen molar-refractivity contribution in [2.45, 2.75) is 361 Å². The van der Waals surface area contributed by atoms with E-state index in [-0.39, 0.29) is 31.1 Å². The van der Waals surface area contributed by atoms with E-state index in [4.69, 9.17) is 14.2 Å². The van der Waals surface area contributed by atoms with Crippen LogP contribution in [0.15, 0.2) is 36.5 Å². The van der Waals surface area contributed by atoms with Crippen LogP contribution in [0.2, 0.25) is 0 Å². The maximum Gasteiger partial charge on any atom is 0.306 e. The Morgan fingerprint density at radius 3 is 0.836 bits per heavy atom. The zero-order valence-electron chi connectivity index (χ0n) is 49.2. The minimum absolute atomic E-state index is 0.0707. The van der Waals surface area contributed by atoms with E-state index >= 15 is 0 Å². The number of carbonyl (C=O) groups is 3. The molecule has 0 rings (SSSR count). The topological polar surface area (TPSA) is 78.9 Å². The van der Waals surface area contributed by atoms with E-state index in [1.165, 1.54) is 231 Å². The number of unbranched alkanes of at least 4 members (excludes halogenated alkanes) is 43. The Morgan fingerprint density at radius 1 is 0.288 bits per heavy atom. The van der Waals surface area contributed by atoms with Crippen molar-refractivity contribution in [2.24, 2.45) is 0 Å². The number of allylic oxidation sites excluding steroid dienone is 6. The second-order valence-electron chi connectivity index (χ2n) is 22.0. The van der Waals surface area contributed by atoms with E-state index in [2.05, 4.69) is 57.2 Å². The highest BCUT2D eigenvalue weighted by atomic mass is 16.6. The number of esters is 3. The fourth-order valence-corrected chi connectivity index (χ4v) is 9.81. The highest BCUT2D eigenvalue weighted by Gasteiger charge is 2.19. The van der Waals surface area contributed by atoms with Crippen molar-refractivity contribution in [1.82, 2.24) is 0 Å². The van der Waals surface area contributed by atoms with Gasteiger partial charge < -0.3 is 14.2 Å². The van der Waals surface area contributed by atoms with E-state index in [0.717, 1.165) is 83.5 Å². The monoisotopic (exact) mass is 1020 g/mol. The van der Waals surface area contributed by atoms with E-state index < -0.39 is 6.10 Å². The Morgan fingerprint density at radius 2 is 0.534 bits per heavy atom. The molecule has 73 heavy (non-hydrogen) atoms. The molecule has 6 nitrogen and oxygen atoms in total. The lowest BCUT2D eigenvalue weighted by molar-refractivity contribution is -0.167. The van der Waals surface area contributed by atoms with Crippen molar-refractivity contribution in [1.29, 1.82) is 0 Å². The molecule has 428 valence electrons. The molecule has 1 unspecified atom stereocenters. The van der Waals surface area contributed by atoms with Gasteiger partial charge in [0, 0.05) is 19.3 Å². The minimum Gasteiger partial charge on any atom is -0.462 e. The zero-order valence-corrected chi connectivity index (χ0v) is 49.2. The number of ether oxygens (including phenoxy) is 3. The minimum atomic E-state index is -0.774. The van der Waals surface area contributed by atoms with Crippen molar-refractivity contribution in [2.75, 3.05) is 13.2 Å². The van der Waals surface area contributed by atoms with Gasteiger partial charge >= 0.3 is 17.9 Å². The first-order valence-corrected chi connectivity index (χ1v) is 32.5. The van der Waals surface area contributed by atoms with Crippen molar-refractivity contribution in [3.05, 3.63) is 36.5 Å². The summed E-state index contributed by atoms with van der Waals surface area (Å²) >= 11 is 0. The smallest absolute Gasteiger partial charge is 0.306 e. The highest BCUT2D eigenvalue weighted by Crippen LogP contribution is 2.18. The third-order valence-corrected chi connectivity index (χ3v) is 14.7. The van der Waals surface area contributed by atoms with Gasteiger partial charge in [-0.2, -0.15) is 0 Å². The largest absolute Gasteiger partial charge is 0.462 e. The van der Waals surface area contributed by atoms with Crippen LogP contribution in [0, 0.1) is 0 Å². The van der Waals surface area contributed by atoms with Crippen LogP contribution in [0.4, 0.5) is 0 Å². The molecule has 6 heteroatoms. The quantitative estimate of drug-likeness (QED) is 0.0261. The van der Waals surface area contributed by atoms with Gasteiger partial charge in [0.05, 0.1) is 0 Å².